The number of carbonyl (C=O) groups is 4. The van der Waals surface area contributed by atoms with E-state index in [1.807, 2.05) is 53.7 Å². The predicted molar refractivity (Wildman–Crippen MR) is 190 cm³/mol. The van der Waals surface area contributed by atoms with Gasteiger partial charge >= 0.3 is 23.9 Å². The second kappa shape index (κ2) is 31.0. The van der Waals surface area contributed by atoms with Crippen LogP contribution in [0.3, 0.4) is 0 Å². The molecule has 0 unspecified atom stereocenters. The van der Waals surface area contributed by atoms with E-state index in [1.165, 1.54) is 24.6 Å². The average molecular weight is 666 g/mol. The van der Waals surface area contributed by atoms with Crippen LogP contribution in [0.1, 0.15) is 93.4 Å². The van der Waals surface area contributed by atoms with E-state index in [2.05, 4.69) is 57.0 Å². The molecule has 0 saturated heterocycles. The number of hydrogen-bond acceptors (Lipinski definition) is 10. The summed E-state index contributed by atoms with van der Waals surface area (Å²) < 4.78 is 14.1. The molecule has 10 heteroatoms. The third-order valence-corrected chi connectivity index (χ3v) is 5.72. The van der Waals surface area contributed by atoms with Gasteiger partial charge in [0, 0.05) is 24.3 Å². The molecule has 0 saturated carbocycles. The van der Waals surface area contributed by atoms with Gasteiger partial charge in [-0.05, 0) is 113 Å². The van der Waals surface area contributed by atoms with Gasteiger partial charge in [0.25, 0.3) is 0 Å². The van der Waals surface area contributed by atoms with Crippen LogP contribution in [0.25, 0.3) is 0 Å². The van der Waals surface area contributed by atoms with Gasteiger partial charge in [0.15, 0.2) is 0 Å². The lowest BCUT2D eigenvalue weighted by atomic mass is 9.99. The van der Waals surface area contributed by atoms with Crippen LogP contribution in [-0.4, -0.2) is 84.0 Å². The Labute approximate surface area is 284 Å². The number of aliphatic hydroxyl groups is 2. The lowest BCUT2D eigenvalue weighted by molar-refractivity contribution is -0.153. The lowest BCUT2D eigenvalue weighted by Crippen LogP contribution is -2.27. The standard InChI is InChI=1S/C16H24O4.C10H20O2.C6H6O3.C5H13N/c1-6-14(17)19-12-10-13(3)9-8-11-16(4,5)20-15(18)7-2;1-9(6-8-11)5-4-7-10(2,3)12;1-3-5(7)9-6(8)4-2;1-4-5-6(2)3/h6-7,10H,1-2,8-9,11-12H2,3-5H3;6,11-12H,4-5,7-8H2,1-3H3;3-4H,1-2H2;4-5H2,1-3H3/b13-10+;9-6+;;. The van der Waals surface area contributed by atoms with Crippen molar-refractivity contribution in [2.75, 3.05) is 33.9 Å². The molecule has 0 atom stereocenters. The summed E-state index contributed by atoms with van der Waals surface area (Å²) in [6.45, 7) is 28.0. The maximum absolute atomic E-state index is 11.1. The van der Waals surface area contributed by atoms with E-state index < -0.39 is 35.1 Å². The predicted octanol–water partition coefficient (Wildman–Crippen LogP) is 6.59. The third kappa shape index (κ3) is 44.6. The highest BCUT2D eigenvalue weighted by Crippen LogP contribution is 2.20. The molecular formula is C37H63NO9. The van der Waals surface area contributed by atoms with Crippen LogP contribution in [-0.2, 0) is 33.4 Å². The molecule has 0 radical (unpaired) electrons. The smallest absolute Gasteiger partial charge is 0.338 e. The summed E-state index contributed by atoms with van der Waals surface area (Å²) in [6.07, 6.45) is 14.3. The van der Waals surface area contributed by atoms with Gasteiger partial charge < -0.3 is 29.3 Å². The van der Waals surface area contributed by atoms with Gasteiger partial charge in [-0.2, -0.15) is 0 Å². The number of ether oxygens (including phenoxy) is 3. The number of aliphatic hydroxyl groups excluding tert-OH is 1. The van der Waals surface area contributed by atoms with Crippen molar-refractivity contribution in [1.82, 2.24) is 4.90 Å². The number of nitrogens with zero attached hydrogens (tertiary/aromatic N) is 1. The molecule has 0 aromatic rings. The molecule has 0 aliphatic rings. The maximum atomic E-state index is 11.1. The highest BCUT2D eigenvalue weighted by atomic mass is 16.6. The molecule has 0 spiro atoms. The van der Waals surface area contributed by atoms with Crippen LogP contribution in [0.15, 0.2) is 73.9 Å². The minimum atomic E-state index is -0.764. The van der Waals surface area contributed by atoms with Gasteiger partial charge in [-0.1, -0.05) is 50.5 Å². The second-order valence-electron chi connectivity index (χ2n) is 12.0. The molecule has 0 aromatic heterocycles. The first kappa shape index (κ1) is 50.3. The molecule has 0 fully saturated rings. The van der Waals surface area contributed by atoms with E-state index in [1.54, 1.807) is 0 Å². The van der Waals surface area contributed by atoms with Crippen molar-refractivity contribution in [3.05, 3.63) is 73.9 Å². The van der Waals surface area contributed by atoms with Crippen LogP contribution >= 0.6 is 0 Å². The molecule has 0 rings (SSSR count). The van der Waals surface area contributed by atoms with Crippen LogP contribution in [0.5, 0.6) is 0 Å². The van der Waals surface area contributed by atoms with E-state index in [0.717, 1.165) is 62.3 Å². The molecular weight excluding hydrogens is 602 g/mol. The Balaban J connectivity index is -0.000000290. The van der Waals surface area contributed by atoms with Gasteiger partial charge in [-0.3, -0.25) is 0 Å². The fourth-order valence-corrected chi connectivity index (χ4v) is 3.27. The average Bonchev–Trinajstić information content (AvgIpc) is 2.96. The largest absolute Gasteiger partial charge is 0.458 e. The first-order chi connectivity index (χ1) is 21.7. The molecule has 0 bridgehead atoms. The van der Waals surface area contributed by atoms with E-state index >= 15 is 0 Å². The van der Waals surface area contributed by atoms with Gasteiger partial charge in [0.1, 0.15) is 12.2 Å². The van der Waals surface area contributed by atoms with Crippen LogP contribution in [0.2, 0.25) is 0 Å². The molecule has 0 heterocycles. The Bertz CT molecular complexity index is 982. The Morgan fingerprint density at radius 3 is 1.55 bits per heavy atom. The van der Waals surface area contributed by atoms with E-state index in [0.29, 0.717) is 0 Å². The number of rotatable bonds is 18. The zero-order valence-corrected chi connectivity index (χ0v) is 30.6. The van der Waals surface area contributed by atoms with Gasteiger partial charge in [-0.25, -0.2) is 19.2 Å². The molecule has 47 heavy (non-hydrogen) atoms. The fraction of sp³-hybridized carbons (Fsp3) is 0.568. The monoisotopic (exact) mass is 665 g/mol. The Morgan fingerprint density at radius 1 is 0.745 bits per heavy atom. The van der Waals surface area contributed by atoms with Crippen molar-refractivity contribution in [3.8, 4) is 0 Å². The quantitative estimate of drug-likeness (QED) is 0.0542. The van der Waals surface area contributed by atoms with Crippen LogP contribution in [0, 0.1) is 0 Å². The van der Waals surface area contributed by atoms with Crippen molar-refractivity contribution in [2.24, 2.45) is 0 Å². The van der Waals surface area contributed by atoms with E-state index in [4.69, 9.17) is 14.6 Å². The summed E-state index contributed by atoms with van der Waals surface area (Å²) in [7, 11) is 4.17. The topological polar surface area (TPSA) is 140 Å². The summed E-state index contributed by atoms with van der Waals surface area (Å²) in [5.41, 5.74) is 1.27. The van der Waals surface area contributed by atoms with Gasteiger partial charge in [-0.15, -0.1) is 0 Å². The minimum Gasteiger partial charge on any atom is -0.458 e. The number of esters is 4. The zero-order chi connectivity index (χ0) is 37.5. The first-order valence-corrected chi connectivity index (χ1v) is 15.7. The zero-order valence-electron chi connectivity index (χ0n) is 30.6. The molecule has 0 amide bonds. The normalized spacial score (nSPS) is 11.1. The summed E-state index contributed by atoms with van der Waals surface area (Å²) in [5, 5.41) is 18.0. The van der Waals surface area contributed by atoms with Crippen molar-refractivity contribution < 1.29 is 43.6 Å². The molecule has 0 aromatic carbocycles. The summed E-state index contributed by atoms with van der Waals surface area (Å²) in [4.78, 5) is 44.5. The molecule has 270 valence electrons. The van der Waals surface area contributed by atoms with E-state index in [-0.39, 0.29) is 13.2 Å². The number of hydrogen-bond donors (Lipinski definition) is 2. The Kier molecular flexibility index (Phi) is 33.2. The summed E-state index contributed by atoms with van der Waals surface area (Å²) >= 11 is 0. The van der Waals surface area contributed by atoms with E-state index in [9.17, 15) is 24.3 Å². The molecule has 10 nitrogen and oxygen atoms in total. The second-order valence-corrected chi connectivity index (χ2v) is 12.0. The highest BCUT2D eigenvalue weighted by Gasteiger charge is 2.21. The van der Waals surface area contributed by atoms with Crippen LogP contribution in [0.4, 0.5) is 0 Å². The van der Waals surface area contributed by atoms with Crippen molar-refractivity contribution >= 4 is 23.9 Å². The Morgan fingerprint density at radius 2 is 1.19 bits per heavy atom. The van der Waals surface area contributed by atoms with Crippen LogP contribution < -0.4 is 0 Å². The van der Waals surface area contributed by atoms with Crippen molar-refractivity contribution in [3.63, 3.8) is 0 Å². The molecule has 0 aliphatic heterocycles. The summed E-state index contributed by atoms with van der Waals surface area (Å²) in [6, 6.07) is 0. The number of allylic oxidation sites excluding steroid dienone is 2. The molecule has 0 aliphatic carbocycles. The highest BCUT2D eigenvalue weighted by molar-refractivity contribution is 5.95. The molecule has 2 N–H and O–H groups in total. The fourth-order valence-electron chi connectivity index (χ4n) is 3.27. The third-order valence-electron chi connectivity index (χ3n) is 5.72. The van der Waals surface area contributed by atoms with Crippen molar-refractivity contribution in [1.29, 1.82) is 0 Å². The lowest BCUT2D eigenvalue weighted by Gasteiger charge is -2.24. The number of carbonyl (C=O) groups excluding carboxylic acids is 4. The minimum absolute atomic E-state index is 0.119. The van der Waals surface area contributed by atoms with Crippen molar-refractivity contribution in [2.45, 2.75) is 105 Å². The Hall–Kier alpha value is -3.60. The summed E-state index contributed by atoms with van der Waals surface area (Å²) in [5.74, 6) is -2.36. The van der Waals surface area contributed by atoms with Gasteiger partial charge in [0.2, 0.25) is 0 Å². The maximum Gasteiger partial charge on any atom is 0.338 e. The first-order valence-electron chi connectivity index (χ1n) is 15.7. The SMILES string of the molecule is C/C(=C\CO)CCCC(C)(C)O.C=CC(=O)OC(=O)C=C.C=CC(=O)OC/C=C(\C)CCCC(C)(C)OC(=O)C=C.CCCN(C)C. The van der Waals surface area contributed by atoms with Gasteiger partial charge in [0.05, 0.1) is 12.2 Å².